The molecule has 0 aliphatic carbocycles. The lowest BCUT2D eigenvalue weighted by Gasteiger charge is -2.10. The lowest BCUT2D eigenvalue weighted by Crippen LogP contribution is -2.28. The van der Waals surface area contributed by atoms with E-state index in [1.165, 1.54) is 12.1 Å². The molecule has 0 saturated carbocycles. The van der Waals surface area contributed by atoms with Gasteiger partial charge in [-0.15, -0.1) is 0 Å². The van der Waals surface area contributed by atoms with Crippen LogP contribution in [0.4, 0.5) is 10.1 Å². The first-order valence-corrected chi connectivity index (χ1v) is 8.88. The number of hydrogen-bond acceptors (Lipinski definition) is 3. The van der Waals surface area contributed by atoms with Gasteiger partial charge in [-0.25, -0.2) is 17.5 Å². The smallest absolute Gasteiger partial charge is 0.240 e. The van der Waals surface area contributed by atoms with Crippen molar-refractivity contribution < 1.29 is 17.6 Å². The first-order valence-electron chi connectivity index (χ1n) is 7.40. The van der Waals surface area contributed by atoms with Crippen molar-refractivity contribution in [3.05, 3.63) is 59.4 Å². The average Bonchev–Trinajstić information content (AvgIpc) is 2.51. The number of anilines is 1. The van der Waals surface area contributed by atoms with Gasteiger partial charge in [-0.3, -0.25) is 4.79 Å². The Morgan fingerprint density at radius 1 is 1.08 bits per heavy atom. The predicted molar refractivity (Wildman–Crippen MR) is 90.8 cm³/mol. The molecule has 5 nitrogen and oxygen atoms in total. The van der Waals surface area contributed by atoms with Crippen molar-refractivity contribution in [1.82, 2.24) is 4.72 Å². The van der Waals surface area contributed by atoms with Crippen molar-refractivity contribution in [3.63, 3.8) is 0 Å². The minimum Gasteiger partial charge on any atom is -0.326 e. The number of amides is 1. The van der Waals surface area contributed by atoms with Crippen molar-refractivity contribution >= 4 is 21.6 Å². The third-order valence-corrected chi connectivity index (χ3v) is 4.91. The molecule has 128 valence electrons. The Bertz CT molecular complexity index is 833. The minimum atomic E-state index is -3.76. The van der Waals surface area contributed by atoms with Gasteiger partial charge in [0.15, 0.2) is 0 Å². The minimum absolute atomic E-state index is 0.00614. The number of carbonyl (C=O) groups excluding carboxylic acids is 1. The maximum Gasteiger partial charge on any atom is 0.240 e. The largest absolute Gasteiger partial charge is 0.326 e. The molecule has 24 heavy (non-hydrogen) atoms. The van der Waals surface area contributed by atoms with E-state index in [1.54, 1.807) is 0 Å². The van der Waals surface area contributed by atoms with Gasteiger partial charge in [-0.2, -0.15) is 0 Å². The van der Waals surface area contributed by atoms with Gasteiger partial charge < -0.3 is 5.32 Å². The van der Waals surface area contributed by atoms with Gasteiger partial charge in [0.25, 0.3) is 0 Å². The Kier molecular flexibility index (Phi) is 5.69. The van der Waals surface area contributed by atoms with Crippen molar-refractivity contribution in [2.24, 2.45) is 0 Å². The molecule has 0 aromatic heterocycles. The van der Waals surface area contributed by atoms with E-state index in [4.69, 9.17) is 0 Å². The number of benzene rings is 2. The number of sulfonamides is 1. The Hall–Kier alpha value is -2.25. The highest BCUT2D eigenvalue weighted by Crippen LogP contribution is 2.16. The van der Waals surface area contributed by atoms with Crippen LogP contribution in [0.3, 0.4) is 0 Å². The van der Waals surface area contributed by atoms with E-state index in [2.05, 4.69) is 10.0 Å². The molecule has 0 aliphatic heterocycles. The summed E-state index contributed by atoms with van der Waals surface area (Å²) < 4.78 is 39.2. The number of aryl methyl sites for hydroxylation is 2. The summed E-state index contributed by atoms with van der Waals surface area (Å²) in [5, 5.41) is 2.76. The molecule has 0 bridgehead atoms. The quantitative estimate of drug-likeness (QED) is 0.841. The van der Waals surface area contributed by atoms with Gasteiger partial charge >= 0.3 is 0 Å². The molecule has 0 aliphatic rings. The van der Waals surface area contributed by atoms with Gasteiger partial charge in [0.2, 0.25) is 15.9 Å². The molecule has 2 aromatic rings. The molecule has 7 heteroatoms. The van der Waals surface area contributed by atoms with Gasteiger partial charge in [-0.05, 0) is 55.3 Å². The average molecular weight is 350 g/mol. The third-order valence-electron chi connectivity index (χ3n) is 3.44. The molecule has 0 saturated heterocycles. The van der Waals surface area contributed by atoms with E-state index in [-0.39, 0.29) is 23.8 Å². The van der Waals surface area contributed by atoms with E-state index >= 15 is 0 Å². The summed E-state index contributed by atoms with van der Waals surface area (Å²) in [6.07, 6.45) is -0.00614. The summed E-state index contributed by atoms with van der Waals surface area (Å²) in [5.74, 6) is -0.799. The number of hydrogen-bond donors (Lipinski definition) is 2. The third kappa shape index (κ3) is 4.87. The molecule has 0 radical (unpaired) electrons. The fourth-order valence-electron chi connectivity index (χ4n) is 2.08. The highest BCUT2D eigenvalue weighted by Gasteiger charge is 2.14. The Labute approximate surface area is 141 Å². The molecule has 0 heterocycles. The number of nitrogens with one attached hydrogen (secondary N) is 2. The second kappa shape index (κ2) is 7.55. The molecule has 0 atom stereocenters. The predicted octanol–water partition coefficient (Wildman–Crippen LogP) is 2.75. The normalized spacial score (nSPS) is 11.3. The van der Waals surface area contributed by atoms with E-state index in [1.807, 2.05) is 32.0 Å². The van der Waals surface area contributed by atoms with Crippen LogP contribution < -0.4 is 10.0 Å². The lowest BCUT2D eigenvalue weighted by molar-refractivity contribution is -0.116. The summed E-state index contributed by atoms with van der Waals surface area (Å²) in [5.41, 5.74) is 2.66. The molecular formula is C17H19FN2O3S. The van der Waals surface area contributed by atoms with Crippen LogP contribution in [0, 0.1) is 19.7 Å². The summed E-state index contributed by atoms with van der Waals surface area (Å²) in [6, 6.07) is 10.2. The van der Waals surface area contributed by atoms with Crippen molar-refractivity contribution in [2.75, 3.05) is 11.9 Å². The van der Waals surface area contributed by atoms with Gasteiger partial charge in [0, 0.05) is 18.7 Å². The Morgan fingerprint density at radius 3 is 2.42 bits per heavy atom. The number of rotatable bonds is 6. The monoisotopic (exact) mass is 350 g/mol. The van der Waals surface area contributed by atoms with Gasteiger partial charge in [0.05, 0.1) is 4.90 Å². The topological polar surface area (TPSA) is 75.3 Å². The molecule has 1 amide bonds. The van der Waals surface area contributed by atoms with Crippen LogP contribution in [0.5, 0.6) is 0 Å². The standard InChI is InChI=1S/C17H19FN2O3S/c1-12-3-4-13(2)16(11-12)20-17(21)9-10-19-24(22,23)15-7-5-14(18)6-8-15/h3-8,11,19H,9-10H2,1-2H3,(H,20,21). The maximum absolute atomic E-state index is 12.8. The fraction of sp³-hybridized carbons (Fsp3) is 0.235. The highest BCUT2D eigenvalue weighted by molar-refractivity contribution is 7.89. The molecule has 0 spiro atoms. The zero-order valence-corrected chi connectivity index (χ0v) is 14.3. The first kappa shape index (κ1) is 18.1. The summed E-state index contributed by atoms with van der Waals surface area (Å²) in [4.78, 5) is 11.9. The van der Waals surface area contributed by atoms with Crippen LogP contribution in [-0.4, -0.2) is 20.9 Å². The molecule has 2 aromatic carbocycles. The van der Waals surface area contributed by atoms with Crippen LogP contribution in [0.1, 0.15) is 17.5 Å². The zero-order valence-electron chi connectivity index (χ0n) is 13.5. The van der Waals surface area contributed by atoms with Gasteiger partial charge in [-0.1, -0.05) is 12.1 Å². The van der Waals surface area contributed by atoms with Crippen molar-refractivity contribution in [3.8, 4) is 0 Å². The Morgan fingerprint density at radius 2 is 1.75 bits per heavy atom. The SMILES string of the molecule is Cc1ccc(C)c(NC(=O)CCNS(=O)(=O)c2ccc(F)cc2)c1. The number of halogens is 1. The maximum atomic E-state index is 12.8. The first-order chi connectivity index (χ1) is 11.3. The van der Waals surface area contributed by atoms with Gasteiger partial charge in [0.1, 0.15) is 5.82 Å². The number of carbonyl (C=O) groups is 1. The lowest BCUT2D eigenvalue weighted by atomic mass is 10.1. The van der Waals surface area contributed by atoms with E-state index < -0.39 is 15.8 Å². The van der Waals surface area contributed by atoms with Crippen LogP contribution in [0.2, 0.25) is 0 Å². The summed E-state index contributed by atoms with van der Waals surface area (Å²) in [6.45, 7) is 3.76. The van der Waals surface area contributed by atoms with E-state index in [0.29, 0.717) is 5.69 Å². The van der Waals surface area contributed by atoms with Crippen LogP contribution in [0.25, 0.3) is 0 Å². The van der Waals surface area contributed by atoms with Crippen molar-refractivity contribution in [1.29, 1.82) is 0 Å². The molecular weight excluding hydrogens is 331 g/mol. The van der Waals surface area contributed by atoms with Crippen LogP contribution >= 0.6 is 0 Å². The summed E-state index contributed by atoms with van der Waals surface area (Å²) >= 11 is 0. The van der Waals surface area contributed by atoms with E-state index in [9.17, 15) is 17.6 Å². The molecule has 2 rings (SSSR count). The van der Waals surface area contributed by atoms with Crippen LogP contribution in [-0.2, 0) is 14.8 Å². The molecule has 2 N–H and O–H groups in total. The Balaban J connectivity index is 1.90. The van der Waals surface area contributed by atoms with E-state index in [0.717, 1.165) is 23.3 Å². The molecule has 0 unspecified atom stereocenters. The summed E-state index contributed by atoms with van der Waals surface area (Å²) in [7, 11) is -3.76. The van der Waals surface area contributed by atoms with Crippen molar-refractivity contribution in [2.45, 2.75) is 25.2 Å². The highest BCUT2D eigenvalue weighted by atomic mass is 32.2. The second-order valence-corrected chi connectivity index (χ2v) is 7.24. The van der Waals surface area contributed by atoms with Crippen LogP contribution in [0.15, 0.2) is 47.4 Å². The second-order valence-electron chi connectivity index (χ2n) is 5.47. The zero-order chi connectivity index (χ0) is 17.7. The molecule has 0 fully saturated rings. The fourth-order valence-corrected chi connectivity index (χ4v) is 3.11.